The van der Waals surface area contributed by atoms with Crippen LogP contribution in [0.5, 0.6) is 0 Å². The fraction of sp³-hybridized carbons (Fsp3) is 0.316. The fourth-order valence-corrected chi connectivity index (χ4v) is 3.61. The fourth-order valence-electron chi connectivity index (χ4n) is 3.61. The van der Waals surface area contributed by atoms with Crippen molar-refractivity contribution >= 4 is 23.2 Å². The van der Waals surface area contributed by atoms with Crippen LogP contribution in [0.25, 0.3) is 11.6 Å². The van der Waals surface area contributed by atoms with Gasteiger partial charge < -0.3 is 9.73 Å². The zero-order valence-electron chi connectivity index (χ0n) is 13.0. The van der Waals surface area contributed by atoms with Crippen LogP contribution in [0.1, 0.15) is 48.0 Å². The summed E-state index contributed by atoms with van der Waals surface area (Å²) in [4.78, 5) is 12.2. The number of hydrogen-bond acceptors (Lipinski definition) is 2. The van der Waals surface area contributed by atoms with E-state index in [2.05, 4.69) is 12.2 Å². The minimum absolute atomic E-state index is 0.262. The van der Waals surface area contributed by atoms with Crippen LogP contribution < -0.4 is 5.32 Å². The molecule has 0 bridgehead atoms. The van der Waals surface area contributed by atoms with Crippen molar-refractivity contribution in [1.29, 1.82) is 0 Å². The number of carbonyl (C=O) groups is 1. The molecule has 4 heteroatoms. The molecule has 1 amide bonds. The van der Waals surface area contributed by atoms with Crippen molar-refractivity contribution in [2.75, 3.05) is 5.32 Å². The van der Waals surface area contributed by atoms with Crippen LogP contribution >= 0.6 is 0 Å². The summed E-state index contributed by atoms with van der Waals surface area (Å²) in [5.41, 5.74) is 3.83. The van der Waals surface area contributed by atoms with E-state index < -0.39 is 5.82 Å². The van der Waals surface area contributed by atoms with E-state index in [-0.39, 0.29) is 11.6 Å². The molecule has 0 radical (unpaired) electrons. The first kappa shape index (κ1) is 14.2. The van der Waals surface area contributed by atoms with E-state index in [4.69, 9.17) is 4.42 Å². The van der Waals surface area contributed by atoms with Crippen molar-refractivity contribution in [2.45, 2.75) is 39.0 Å². The number of rotatable bonds is 2. The maximum atomic E-state index is 13.8. The van der Waals surface area contributed by atoms with Gasteiger partial charge in [0.15, 0.2) is 0 Å². The highest BCUT2D eigenvalue weighted by atomic mass is 19.1. The first-order chi connectivity index (χ1) is 11.2. The van der Waals surface area contributed by atoms with Gasteiger partial charge >= 0.3 is 0 Å². The third kappa shape index (κ3) is 2.21. The highest BCUT2D eigenvalue weighted by Gasteiger charge is 2.28. The molecule has 1 aliphatic carbocycles. The van der Waals surface area contributed by atoms with Gasteiger partial charge in [-0.3, -0.25) is 4.79 Å². The van der Waals surface area contributed by atoms with Gasteiger partial charge in [0, 0.05) is 17.5 Å². The number of carbonyl (C=O) groups excluding carboxylic acids is 1. The molecule has 1 aromatic heterocycles. The Hall–Kier alpha value is -2.36. The number of furan rings is 1. The van der Waals surface area contributed by atoms with Crippen LogP contribution in [0.2, 0.25) is 0 Å². The predicted octanol–water partition coefficient (Wildman–Crippen LogP) is 4.35. The quantitative estimate of drug-likeness (QED) is 0.838. The largest absolute Gasteiger partial charge is 0.461 e. The van der Waals surface area contributed by atoms with Crippen molar-refractivity contribution in [1.82, 2.24) is 0 Å². The molecule has 2 heterocycles. The molecule has 1 aliphatic heterocycles. The second-order valence-corrected chi connectivity index (χ2v) is 6.08. The predicted molar refractivity (Wildman–Crippen MR) is 87.6 cm³/mol. The Bertz CT molecular complexity index is 832. The second-order valence-electron chi connectivity index (χ2n) is 6.08. The third-order valence-electron chi connectivity index (χ3n) is 4.73. The minimum atomic E-state index is -0.409. The molecule has 2 aliphatic rings. The first-order valence-electron chi connectivity index (χ1n) is 8.14. The molecular formula is C19H18FNO2. The van der Waals surface area contributed by atoms with E-state index >= 15 is 0 Å². The number of halogens is 1. The molecule has 4 rings (SSSR count). The Labute approximate surface area is 134 Å². The molecule has 3 nitrogen and oxygen atoms in total. The molecule has 0 atom stereocenters. The maximum Gasteiger partial charge on any atom is 0.256 e. The van der Waals surface area contributed by atoms with Gasteiger partial charge in [0.05, 0.1) is 11.3 Å². The Morgan fingerprint density at radius 1 is 1.30 bits per heavy atom. The zero-order chi connectivity index (χ0) is 16.0. The number of nitrogens with one attached hydrogen (secondary N) is 1. The van der Waals surface area contributed by atoms with Gasteiger partial charge in [-0.2, -0.15) is 0 Å². The summed E-state index contributed by atoms with van der Waals surface area (Å²) in [6.07, 6.45) is 6.98. The average molecular weight is 311 g/mol. The summed E-state index contributed by atoms with van der Waals surface area (Å²) >= 11 is 0. The summed E-state index contributed by atoms with van der Waals surface area (Å²) in [6, 6.07) is 4.73. The van der Waals surface area contributed by atoms with Gasteiger partial charge in [-0.05, 0) is 43.4 Å². The van der Waals surface area contributed by atoms with Gasteiger partial charge in [0.2, 0.25) is 0 Å². The first-order valence-corrected chi connectivity index (χ1v) is 8.14. The highest BCUT2D eigenvalue weighted by Crippen LogP contribution is 2.37. The summed E-state index contributed by atoms with van der Waals surface area (Å²) < 4.78 is 19.9. The molecule has 118 valence electrons. The summed E-state index contributed by atoms with van der Waals surface area (Å²) in [5, 5.41) is 2.61. The van der Waals surface area contributed by atoms with Crippen LogP contribution in [0.15, 0.2) is 22.6 Å². The highest BCUT2D eigenvalue weighted by molar-refractivity contribution is 6.34. The smallest absolute Gasteiger partial charge is 0.256 e. The maximum absolute atomic E-state index is 13.8. The van der Waals surface area contributed by atoms with Gasteiger partial charge in [-0.15, -0.1) is 0 Å². The molecule has 1 aromatic carbocycles. The van der Waals surface area contributed by atoms with Crippen molar-refractivity contribution in [3.05, 3.63) is 52.2 Å². The average Bonchev–Trinajstić information content (AvgIpc) is 3.07. The van der Waals surface area contributed by atoms with Crippen molar-refractivity contribution in [3.8, 4) is 0 Å². The number of aryl methyl sites for hydroxylation is 1. The van der Waals surface area contributed by atoms with Crippen molar-refractivity contribution < 1.29 is 13.6 Å². The topological polar surface area (TPSA) is 42.2 Å². The summed E-state index contributed by atoms with van der Waals surface area (Å²) in [5.74, 6) is 1.12. The molecule has 0 saturated heterocycles. The molecular weight excluding hydrogens is 293 g/mol. The molecule has 0 saturated carbocycles. The van der Waals surface area contributed by atoms with E-state index in [1.165, 1.54) is 23.6 Å². The lowest BCUT2D eigenvalue weighted by Gasteiger charge is -2.09. The summed E-state index contributed by atoms with van der Waals surface area (Å²) in [6.45, 7) is 2.10. The van der Waals surface area contributed by atoms with Crippen LogP contribution in [-0.2, 0) is 24.1 Å². The summed E-state index contributed by atoms with van der Waals surface area (Å²) in [7, 11) is 0. The molecule has 1 N–H and O–H groups in total. The zero-order valence-corrected chi connectivity index (χ0v) is 13.0. The van der Waals surface area contributed by atoms with Crippen molar-refractivity contribution in [3.63, 3.8) is 0 Å². The number of anilines is 1. The van der Waals surface area contributed by atoms with Crippen LogP contribution in [0, 0.1) is 5.82 Å². The molecule has 23 heavy (non-hydrogen) atoms. The molecule has 0 spiro atoms. The van der Waals surface area contributed by atoms with E-state index in [1.807, 2.05) is 0 Å². The minimum Gasteiger partial charge on any atom is -0.461 e. The number of benzene rings is 1. The second kappa shape index (κ2) is 5.37. The molecule has 0 unspecified atom stereocenters. The van der Waals surface area contributed by atoms with Gasteiger partial charge in [0.1, 0.15) is 17.3 Å². The lowest BCUT2D eigenvalue weighted by atomic mass is 9.93. The van der Waals surface area contributed by atoms with Gasteiger partial charge in [-0.25, -0.2) is 4.39 Å². The normalized spacial score (nSPS) is 18.0. The standard InChI is InChI=1S/C19H18FNO2/c1-2-11-12-6-3-4-9-16(12)23-17(11)10-14-13-7-5-8-15(20)18(13)21-19(14)22/h5,7-8,10H,2-4,6,9H2,1H3,(H,21,22). The van der Waals surface area contributed by atoms with Crippen molar-refractivity contribution in [2.24, 2.45) is 0 Å². The number of fused-ring (bicyclic) bond motifs is 2. The van der Waals surface area contributed by atoms with Crippen LogP contribution in [0.3, 0.4) is 0 Å². The molecule has 2 aromatic rings. The van der Waals surface area contributed by atoms with Crippen LogP contribution in [-0.4, -0.2) is 5.91 Å². The molecule has 0 fully saturated rings. The Morgan fingerprint density at radius 2 is 2.13 bits per heavy atom. The lowest BCUT2D eigenvalue weighted by Crippen LogP contribution is -2.04. The monoisotopic (exact) mass is 311 g/mol. The Kier molecular flexibility index (Phi) is 3.33. The third-order valence-corrected chi connectivity index (χ3v) is 4.73. The Morgan fingerprint density at radius 3 is 2.96 bits per heavy atom. The van der Waals surface area contributed by atoms with E-state index in [0.717, 1.165) is 37.2 Å². The Balaban J connectivity index is 1.85. The number of amides is 1. The van der Waals surface area contributed by atoms with E-state index in [1.54, 1.807) is 18.2 Å². The van der Waals surface area contributed by atoms with Gasteiger partial charge in [-0.1, -0.05) is 19.1 Å². The SMILES string of the molecule is CCc1c(C=C2C(=O)Nc3c(F)cccc32)oc2c1CCCC2. The number of para-hydroxylation sites is 1. The van der Waals surface area contributed by atoms with Gasteiger partial charge in [0.25, 0.3) is 5.91 Å². The van der Waals surface area contributed by atoms with E-state index in [0.29, 0.717) is 11.1 Å². The van der Waals surface area contributed by atoms with Crippen LogP contribution in [0.4, 0.5) is 10.1 Å². The van der Waals surface area contributed by atoms with E-state index in [9.17, 15) is 9.18 Å². The number of hydrogen-bond donors (Lipinski definition) is 1. The lowest BCUT2D eigenvalue weighted by molar-refractivity contribution is -0.110.